The molecule has 7 rings (SSSR count). The molecule has 0 bridgehead atoms. The fourth-order valence-corrected chi connectivity index (χ4v) is 7.17. The number of likely N-dealkylation sites (N-methyl/N-ethyl adjacent to an activating group) is 1. The SMILES string of the molecule is CN1CCN(c2ccc([N+](=O)[O-])cc2)CC1CC1CCN(c2ccc(-c3ccc(OCc4ccccc4)nc3OCc3ccccc3)cc2)CC1. The van der Waals surface area contributed by atoms with Crippen molar-refractivity contribution >= 4 is 17.1 Å². The van der Waals surface area contributed by atoms with Gasteiger partial charge in [0.1, 0.15) is 13.2 Å². The number of ether oxygens (including phenoxy) is 2. The maximum Gasteiger partial charge on any atom is 0.269 e. The third kappa shape index (κ3) is 8.67. The summed E-state index contributed by atoms with van der Waals surface area (Å²) < 4.78 is 12.4. The smallest absolute Gasteiger partial charge is 0.269 e. The highest BCUT2D eigenvalue weighted by atomic mass is 16.6. The summed E-state index contributed by atoms with van der Waals surface area (Å²) in [6.07, 6.45) is 3.49. The Morgan fingerprint density at radius 3 is 1.96 bits per heavy atom. The molecule has 0 N–H and O–H groups in total. The normalized spacial score (nSPS) is 16.9. The lowest BCUT2D eigenvalue weighted by molar-refractivity contribution is -0.384. The number of anilines is 2. The van der Waals surface area contributed by atoms with Crippen molar-refractivity contribution in [1.82, 2.24) is 9.88 Å². The highest BCUT2D eigenvalue weighted by Gasteiger charge is 2.29. The van der Waals surface area contributed by atoms with Crippen LogP contribution in [0.25, 0.3) is 11.1 Å². The van der Waals surface area contributed by atoms with Gasteiger partial charge in [-0.2, -0.15) is 4.98 Å². The Morgan fingerprint density at radius 2 is 1.31 bits per heavy atom. The molecule has 1 aromatic heterocycles. The lowest BCUT2D eigenvalue weighted by Crippen LogP contribution is -2.52. The van der Waals surface area contributed by atoms with E-state index in [1.54, 1.807) is 12.1 Å². The van der Waals surface area contributed by atoms with E-state index in [1.807, 2.05) is 72.8 Å². The second-order valence-corrected chi connectivity index (χ2v) is 13.6. The van der Waals surface area contributed by atoms with Crippen molar-refractivity contribution in [2.24, 2.45) is 5.92 Å². The molecule has 0 radical (unpaired) electrons. The minimum Gasteiger partial charge on any atom is -0.473 e. The second kappa shape index (κ2) is 16.1. The molecule has 0 spiro atoms. The molecule has 1 unspecified atom stereocenters. The zero-order chi connectivity index (χ0) is 35.0. The van der Waals surface area contributed by atoms with Gasteiger partial charge in [-0.1, -0.05) is 72.8 Å². The summed E-state index contributed by atoms with van der Waals surface area (Å²) in [6.45, 7) is 5.80. The quantitative estimate of drug-likeness (QED) is 0.0961. The fourth-order valence-electron chi connectivity index (χ4n) is 7.17. The molecule has 51 heavy (non-hydrogen) atoms. The molecule has 5 aromatic rings. The number of benzene rings is 4. The van der Waals surface area contributed by atoms with E-state index < -0.39 is 0 Å². The molecule has 9 nitrogen and oxygen atoms in total. The molecule has 2 fully saturated rings. The molecule has 2 aliphatic heterocycles. The minimum atomic E-state index is -0.337. The van der Waals surface area contributed by atoms with Gasteiger partial charge in [-0.25, -0.2) is 0 Å². The van der Waals surface area contributed by atoms with Gasteiger partial charge in [0.25, 0.3) is 5.69 Å². The molecule has 3 heterocycles. The minimum absolute atomic E-state index is 0.138. The van der Waals surface area contributed by atoms with Crippen LogP contribution < -0.4 is 19.3 Å². The first kappa shape index (κ1) is 34.1. The Hall–Kier alpha value is -5.41. The largest absolute Gasteiger partial charge is 0.473 e. The van der Waals surface area contributed by atoms with Crippen molar-refractivity contribution in [3.05, 3.63) is 143 Å². The number of piperidine rings is 1. The molecule has 2 aliphatic rings. The van der Waals surface area contributed by atoms with Crippen molar-refractivity contribution in [3.8, 4) is 22.9 Å². The number of hydrogen-bond acceptors (Lipinski definition) is 8. The summed E-state index contributed by atoms with van der Waals surface area (Å²) in [5.41, 5.74) is 6.59. The van der Waals surface area contributed by atoms with E-state index >= 15 is 0 Å². The number of hydrogen-bond donors (Lipinski definition) is 0. The van der Waals surface area contributed by atoms with E-state index in [9.17, 15) is 10.1 Å². The van der Waals surface area contributed by atoms with Crippen LogP contribution in [-0.2, 0) is 13.2 Å². The monoisotopic (exact) mass is 683 g/mol. The van der Waals surface area contributed by atoms with Gasteiger partial charge in [0.05, 0.1) is 4.92 Å². The van der Waals surface area contributed by atoms with E-state index in [4.69, 9.17) is 14.5 Å². The summed E-state index contributed by atoms with van der Waals surface area (Å²) in [7, 11) is 2.23. The number of nitro groups is 1. The average Bonchev–Trinajstić information content (AvgIpc) is 3.18. The third-order valence-electron chi connectivity index (χ3n) is 10.2. The van der Waals surface area contributed by atoms with E-state index in [1.165, 1.54) is 5.69 Å². The van der Waals surface area contributed by atoms with Crippen molar-refractivity contribution < 1.29 is 14.4 Å². The van der Waals surface area contributed by atoms with E-state index in [2.05, 4.69) is 58.1 Å². The number of aromatic nitrogens is 1. The maximum absolute atomic E-state index is 11.1. The average molecular weight is 684 g/mol. The van der Waals surface area contributed by atoms with E-state index in [0.29, 0.717) is 36.9 Å². The second-order valence-electron chi connectivity index (χ2n) is 13.6. The number of non-ortho nitro benzene ring substituents is 1. The summed E-state index contributed by atoms with van der Waals surface area (Å²) >= 11 is 0. The zero-order valence-corrected chi connectivity index (χ0v) is 29.1. The van der Waals surface area contributed by atoms with Crippen LogP contribution in [0.1, 0.15) is 30.4 Å². The van der Waals surface area contributed by atoms with Crippen LogP contribution in [0.4, 0.5) is 17.1 Å². The van der Waals surface area contributed by atoms with Crippen LogP contribution in [0.3, 0.4) is 0 Å². The van der Waals surface area contributed by atoms with Crippen LogP contribution in [0.15, 0.2) is 121 Å². The molecule has 0 aliphatic carbocycles. The van der Waals surface area contributed by atoms with Gasteiger partial charge in [-0.3, -0.25) is 15.0 Å². The first-order valence-electron chi connectivity index (χ1n) is 17.9. The summed E-state index contributed by atoms with van der Waals surface area (Å²) in [5.74, 6) is 1.75. The molecule has 0 amide bonds. The third-order valence-corrected chi connectivity index (χ3v) is 10.2. The van der Waals surface area contributed by atoms with Gasteiger partial charge < -0.3 is 19.3 Å². The van der Waals surface area contributed by atoms with Gasteiger partial charge in [0.15, 0.2) is 0 Å². The number of piperazine rings is 1. The summed E-state index contributed by atoms with van der Waals surface area (Å²) in [6, 6.07) is 40.4. The molecule has 262 valence electrons. The van der Waals surface area contributed by atoms with Crippen molar-refractivity contribution in [3.63, 3.8) is 0 Å². The Balaban J connectivity index is 0.970. The summed E-state index contributed by atoms with van der Waals surface area (Å²) in [4.78, 5) is 22.9. The summed E-state index contributed by atoms with van der Waals surface area (Å²) in [5, 5.41) is 11.1. The zero-order valence-electron chi connectivity index (χ0n) is 29.1. The van der Waals surface area contributed by atoms with Crippen LogP contribution in [0.2, 0.25) is 0 Å². The molecule has 9 heteroatoms. The van der Waals surface area contributed by atoms with Gasteiger partial charge in [0.2, 0.25) is 11.8 Å². The van der Waals surface area contributed by atoms with Crippen molar-refractivity contribution in [2.45, 2.75) is 38.5 Å². The van der Waals surface area contributed by atoms with Gasteiger partial charge in [0, 0.05) is 73.9 Å². The maximum atomic E-state index is 11.1. The van der Waals surface area contributed by atoms with Gasteiger partial charge in [-0.05, 0) is 79.3 Å². The van der Waals surface area contributed by atoms with Gasteiger partial charge in [-0.15, -0.1) is 0 Å². The highest BCUT2D eigenvalue weighted by Crippen LogP contribution is 2.34. The topological polar surface area (TPSA) is 84.2 Å². The molecular weight excluding hydrogens is 638 g/mol. The van der Waals surface area contributed by atoms with Crippen LogP contribution in [0.5, 0.6) is 11.8 Å². The van der Waals surface area contributed by atoms with Crippen molar-refractivity contribution in [1.29, 1.82) is 0 Å². The lowest BCUT2D eigenvalue weighted by atomic mass is 9.88. The Kier molecular flexibility index (Phi) is 10.7. The molecule has 4 aromatic carbocycles. The molecule has 0 saturated carbocycles. The van der Waals surface area contributed by atoms with E-state index in [0.717, 1.165) is 79.9 Å². The first-order valence-corrected chi connectivity index (χ1v) is 17.9. The van der Waals surface area contributed by atoms with Gasteiger partial charge >= 0.3 is 0 Å². The van der Waals surface area contributed by atoms with Crippen LogP contribution in [-0.4, -0.2) is 60.6 Å². The lowest BCUT2D eigenvalue weighted by Gasteiger charge is -2.43. The van der Waals surface area contributed by atoms with Crippen molar-refractivity contribution in [2.75, 3.05) is 49.6 Å². The molecule has 2 saturated heterocycles. The first-order chi connectivity index (χ1) is 25.0. The Morgan fingerprint density at radius 1 is 0.706 bits per heavy atom. The standard InChI is InChI=1S/C42H45N5O4/c1-44-26-27-46(37-16-18-38(19-17-37)47(48)49)29-39(44)28-32-22-24-45(25-23-32)36-14-12-35(13-15-36)40-20-21-41(50-30-33-8-4-2-5-9-33)43-42(40)51-31-34-10-6-3-7-11-34/h2-21,32,39H,22-31H2,1H3. The fraction of sp³-hybridized carbons (Fsp3) is 0.310. The predicted molar refractivity (Wildman–Crippen MR) is 203 cm³/mol. The Bertz CT molecular complexity index is 1860. The molecular formula is C42H45N5O4. The van der Waals surface area contributed by atoms with Crippen LogP contribution >= 0.6 is 0 Å². The number of nitrogens with zero attached hydrogens (tertiary/aromatic N) is 5. The predicted octanol–water partition coefficient (Wildman–Crippen LogP) is 8.24. The molecule has 1 atom stereocenters. The highest BCUT2D eigenvalue weighted by molar-refractivity contribution is 5.71. The number of pyridine rings is 1. The number of nitro benzene ring substituents is 1. The Labute approximate surface area is 300 Å². The van der Waals surface area contributed by atoms with Crippen LogP contribution in [0, 0.1) is 16.0 Å². The van der Waals surface area contributed by atoms with E-state index in [-0.39, 0.29) is 10.6 Å². The number of rotatable bonds is 12.